The summed E-state index contributed by atoms with van der Waals surface area (Å²) in [6.07, 6.45) is 14.5. The molecular formula is C124H104Ir4N8-8. The van der Waals surface area contributed by atoms with Crippen molar-refractivity contribution >= 4 is 0 Å². The summed E-state index contributed by atoms with van der Waals surface area (Å²) in [7, 11) is 0. The quantitative estimate of drug-likeness (QED) is 0.105. The third-order valence-electron chi connectivity index (χ3n) is 21.0. The molecule has 0 aliphatic carbocycles. The van der Waals surface area contributed by atoms with Gasteiger partial charge in [-0.3, -0.25) is 0 Å². The van der Waals surface area contributed by atoms with Gasteiger partial charge in [0.2, 0.25) is 0 Å². The molecule has 0 unspecified atom stereocenters. The molecule has 4 radical (unpaired) electrons. The van der Waals surface area contributed by atoms with Crippen LogP contribution in [0.25, 0.3) is 135 Å². The molecular weight excluding hydrogens is 2370 g/mol. The fourth-order valence-electron chi connectivity index (χ4n) is 13.5. The first kappa shape index (κ1) is 89.0. The van der Waals surface area contributed by atoms with Crippen LogP contribution in [0.5, 0.6) is 0 Å². The van der Waals surface area contributed by atoms with Gasteiger partial charge in [-0.05, 0) is 188 Å². The van der Waals surface area contributed by atoms with Crippen LogP contribution in [0.15, 0.2) is 420 Å². The Bertz CT molecular complexity index is 6940. The van der Waals surface area contributed by atoms with E-state index in [0.717, 1.165) is 130 Å². The summed E-state index contributed by atoms with van der Waals surface area (Å²) in [6.45, 7) is 5.14. The number of rotatable bonds is 13. The van der Waals surface area contributed by atoms with Gasteiger partial charge in [0.1, 0.15) is 0 Å². The Balaban J connectivity index is 0.000000187. The van der Waals surface area contributed by atoms with Crippen LogP contribution in [-0.4, -0.2) is 39.9 Å². The molecule has 0 saturated heterocycles. The first-order valence-electron chi connectivity index (χ1n) is 49.2. The predicted octanol–water partition coefficient (Wildman–Crippen LogP) is 30.7. The summed E-state index contributed by atoms with van der Waals surface area (Å²) < 4.78 is 88.5. The number of aromatic nitrogens is 8. The van der Waals surface area contributed by atoms with Crippen molar-refractivity contribution < 1.29 is 96.9 Å². The summed E-state index contributed by atoms with van der Waals surface area (Å²) in [5.41, 5.74) is 31.9. The number of hydrogen-bond donors (Lipinski definition) is 0. The van der Waals surface area contributed by atoms with Crippen molar-refractivity contribution in [3.8, 4) is 135 Å². The van der Waals surface area contributed by atoms with Crippen molar-refractivity contribution in [1.82, 2.24) is 39.9 Å². The first-order valence-corrected chi connectivity index (χ1v) is 43.2. The second kappa shape index (κ2) is 55.9. The van der Waals surface area contributed by atoms with Crippen molar-refractivity contribution in [3.05, 3.63) is 529 Å². The summed E-state index contributed by atoms with van der Waals surface area (Å²) in [4.78, 5) is 34.9. The molecule has 12 heteroatoms. The van der Waals surface area contributed by atoms with Crippen molar-refractivity contribution in [3.63, 3.8) is 0 Å². The molecule has 0 amide bonds. The molecule has 0 N–H and O–H groups in total. The largest absolute Gasteiger partial charge is 0.304 e. The summed E-state index contributed by atoms with van der Waals surface area (Å²) >= 11 is 0. The van der Waals surface area contributed by atoms with Crippen LogP contribution in [-0.2, 0) is 86.8 Å². The number of aryl methyl sites for hydroxylation is 11. The van der Waals surface area contributed by atoms with E-state index in [0.29, 0.717) is 22.3 Å². The minimum atomic E-state index is -2.10. The molecule has 8 heterocycles. The summed E-state index contributed by atoms with van der Waals surface area (Å²) in [6, 6.07) is 146. The Morgan fingerprint density at radius 3 is 0.676 bits per heavy atom. The Morgan fingerprint density at radius 2 is 0.426 bits per heavy atom. The fraction of sp³-hybridized carbons (Fsp3) is 0.0968. The van der Waals surface area contributed by atoms with Gasteiger partial charge in [-0.2, -0.15) is 0 Å². The topological polar surface area (TPSA) is 103 Å². The molecule has 8 nitrogen and oxygen atoms in total. The number of pyridine rings is 8. The third kappa shape index (κ3) is 31.8. The van der Waals surface area contributed by atoms with Crippen LogP contribution in [0.3, 0.4) is 0 Å². The summed E-state index contributed by atoms with van der Waals surface area (Å²) in [5.74, 6) is 0. The average molecular weight is 2490 g/mol. The van der Waals surface area contributed by atoms with E-state index in [1.807, 2.05) is 274 Å². The van der Waals surface area contributed by atoms with Gasteiger partial charge in [0, 0.05) is 158 Å². The molecule has 0 aliphatic heterocycles. The monoisotopic (exact) mass is 2490 g/mol. The Labute approximate surface area is 875 Å². The minimum Gasteiger partial charge on any atom is -0.304 e. The van der Waals surface area contributed by atoms with E-state index < -0.39 is 27.4 Å². The smallest absolute Gasteiger partial charge is 0.0280 e. The van der Waals surface area contributed by atoms with Gasteiger partial charge in [-0.15, -0.1) is 287 Å². The Kier molecular flexibility index (Phi) is 36.6. The van der Waals surface area contributed by atoms with Crippen molar-refractivity contribution in [2.24, 2.45) is 0 Å². The minimum absolute atomic E-state index is 0. The molecule has 0 spiro atoms. The second-order valence-electron chi connectivity index (χ2n) is 30.5. The predicted molar refractivity (Wildman–Crippen MR) is 547 cm³/mol. The van der Waals surface area contributed by atoms with Crippen LogP contribution in [0, 0.1) is 117 Å². The maximum absolute atomic E-state index is 7.37. The van der Waals surface area contributed by atoms with Crippen LogP contribution >= 0.6 is 0 Å². The SMILES string of the molecule is CCc1cc(-c2[c-]cccc2)ncc1-c1ccccc1.Cc1cc(-c2[c-]cccc2)ncc1-c1ccccc1.Cc1ccc(-c2ccc(-c3[c-]cccc3)nc2)cc1.[2H]C([2H])([2H])c1cnc(-c2[c-]cccc2)cc1C.[2H]C([2H])([2H])c1cnc(-c2[c-]cccc2)cc1C.[2H]C([2H])([2H])c1cnc(-c2[c-]cccc2)cc1C.[2H]C([2H])([2H])c1cnc(-c2[c-]cccc2)cc1C.[Ir].[Ir].[Ir].[Ir].[c-]1ccccc1-c1ccc(-c2ccccc2)cn1. The average Bonchev–Trinajstić information content (AvgIpc) is 0.823. The van der Waals surface area contributed by atoms with Crippen molar-refractivity contribution in [1.29, 1.82) is 0 Å². The van der Waals surface area contributed by atoms with E-state index in [9.17, 15) is 0 Å². The van der Waals surface area contributed by atoms with Crippen LogP contribution in [0.2, 0.25) is 0 Å². The van der Waals surface area contributed by atoms with E-state index in [1.54, 1.807) is 52.0 Å². The van der Waals surface area contributed by atoms with Gasteiger partial charge in [-0.1, -0.05) is 211 Å². The zero-order chi connectivity index (χ0) is 102. The molecule has 684 valence electrons. The van der Waals surface area contributed by atoms with E-state index in [2.05, 4.69) is 206 Å². The molecule has 136 heavy (non-hydrogen) atoms. The van der Waals surface area contributed by atoms with Crippen molar-refractivity contribution in [2.45, 2.75) is 82.3 Å². The van der Waals surface area contributed by atoms with Gasteiger partial charge in [0.15, 0.2) is 0 Å². The third-order valence-corrected chi connectivity index (χ3v) is 21.0. The molecule has 0 aliphatic rings. The van der Waals surface area contributed by atoms with E-state index in [4.69, 9.17) is 16.4 Å². The summed E-state index contributed by atoms with van der Waals surface area (Å²) in [5, 5.41) is 0. The van der Waals surface area contributed by atoms with Crippen LogP contribution in [0.1, 0.15) is 84.6 Å². The Morgan fingerprint density at radius 1 is 0.199 bits per heavy atom. The first-order chi connectivity index (χ1) is 69.4. The maximum atomic E-state index is 7.37. The van der Waals surface area contributed by atoms with Gasteiger partial charge < -0.3 is 39.9 Å². The Hall–Kier alpha value is -13.6. The standard InChI is InChI=1S/C19H16N.2C18H14N.C17H12N.4C13H12N.4Ir/c1-2-15-13-19(17-11-7-4-8-12-17)20-14-18(15)16-9-5-3-6-10-16;1-14-12-18(16-10-6-3-7-11-16)19-13-17(14)15-8-4-2-5-9-15;1-14-7-9-15(10-8-14)17-11-12-18(19-13-17)16-5-3-2-4-6-16;1-3-7-14(8-4-1)16-11-12-17(18-13-16)15-9-5-2-6-10-15;4*1-10-8-13(14-9-11(10)2)12-6-4-3-5-7-12;;;;/h3-11,13-14H,2H2,1H3;2-10,12-13H,1H3;2-5,7-13H,1H3;1-9,11-13H;4*3-6,8-9H,1-2H3;;;;/q8*-1;;;;/i;;;;4*2D3;;;;. The molecule has 0 saturated carbocycles. The van der Waals surface area contributed by atoms with Crippen molar-refractivity contribution in [2.75, 3.05) is 0 Å². The van der Waals surface area contributed by atoms with Crippen LogP contribution < -0.4 is 0 Å². The van der Waals surface area contributed by atoms with Gasteiger partial charge in [0.25, 0.3) is 0 Å². The fourth-order valence-corrected chi connectivity index (χ4v) is 13.5. The normalized spacial score (nSPS) is 11.6. The van der Waals surface area contributed by atoms with E-state index in [-0.39, 0.29) is 80.4 Å². The van der Waals surface area contributed by atoms with Gasteiger partial charge >= 0.3 is 0 Å². The van der Waals surface area contributed by atoms with E-state index in [1.165, 1.54) is 74.9 Å². The molecule has 8 aromatic heterocycles. The van der Waals surface area contributed by atoms with E-state index >= 15 is 0 Å². The zero-order valence-electron chi connectivity index (χ0n) is 88.0. The molecule has 20 aromatic rings. The zero-order valence-corrected chi connectivity index (χ0v) is 85.5. The van der Waals surface area contributed by atoms with Gasteiger partial charge in [-0.25, -0.2) is 0 Å². The molecule has 0 fully saturated rings. The number of hydrogen-bond acceptors (Lipinski definition) is 8. The molecule has 0 bridgehead atoms. The second-order valence-corrected chi connectivity index (χ2v) is 30.5. The number of benzene rings is 12. The number of nitrogens with zero attached hydrogens (tertiary/aromatic N) is 8. The molecule has 0 atom stereocenters. The molecule has 12 aromatic carbocycles. The molecule has 20 rings (SSSR count). The van der Waals surface area contributed by atoms with Crippen LogP contribution in [0.4, 0.5) is 0 Å². The van der Waals surface area contributed by atoms with Gasteiger partial charge in [0.05, 0.1) is 0 Å². The maximum Gasteiger partial charge on any atom is 0.0280 e.